The van der Waals surface area contributed by atoms with Crippen molar-refractivity contribution in [3.63, 3.8) is 0 Å². The first kappa shape index (κ1) is 11.4. The predicted octanol–water partition coefficient (Wildman–Crippen LogP) is 2.61. The minimum atomic E-state index is 0.0756. The van der Waals surface area contributed by atoms with Gasteiger partial charge in [0.1, 0.15) is 12.1 Å². The van der Waals surface area contributed by atoms with Crippen molar-refractivity contribution in [3.05, 3.63) is 0 Å². The first-order valence-electron chi connectivity index (χ1n) is 5.45. The Labute approximate surface area is 86.1 Å². The molecule has 0 N–H and O–H groups in total. The number of rotatable bonds is 4. The standard InChI is InChI=1S/C12H20O2/c1-9(2)11-7-10(14)8-12(11,3)5-4-6-13/h6,9,11H,4-5,7-8H2,1-3H3/t11-,12+/m1/s1. The largest absolute Gasteiger partial charge is 0.303 e. The summed E-state index contributed by atoms with van der Waals surface area (Å²) in [5, 5.41) is 0. The average molecular weight is 196 g/mol. The molecule has 14 heavy (non-hydrogen) atoms. The van der Waals surface area contributed by atoms with Gasteiger partial charge in [0, 0.05) is 19.3 Å². The summed E-state index contributed by atoms with van der Waals surface area (Å²) in [5.74, 6) is 1.38. The second-order valence-electron chi connectivity index (χ2n) is 5.13. The van der Waals surface area contributed by atoms with Gasteiger partial charge >= 0.3 is 0 Å². The zero-order valence-electron chi connectivity index (χ0n) is 9.38. The molecule has 0 radical (unpaired) electrons. The maximum Gasteiger partial charge on any atom is 0.133 e. The summed E-state index contributed by atoms with van der Waals surface area (Å²) >= 11 is 0. The molecular formula is C12H20O2. The molecule has 0 aromatic rings. The fourth-order valence-corrected chi connectivity index (χ4v) is 2.85. The van der Waals surface area contributed by atoms with Crippen LogP contribution in [0.25, 0.3) is 0 Å². The molecule has 0 amide bonds. The van der Waals surface area contributed by atoms with Gasteiger partial charge in [-0.2, -0.15) is 0 Å². The molecule has 1 fully saturated rings. The van der Waals surface area contributed by atoms with Gasteiger partial charge < -0.3 is 4.79 Å². The number of carbonyl (C=O) groups excluding carboxylic acids is 2. The van der Waals surface area contributed by atoms with Gasteiger partial charge in [0.2, 0.25) is 0 Å². The summed E-state index contributed by atoms with van der Waals surface area (Å²) in [7, 11) is 0. The number of Topliss-reactive ketones (excluding diaryl/α,β-unsaturated/α-hetero) is 1. The molecule has 80 valence electrons. The summed E-state index contributed by atoms with van der Waals surface area (Å²) in [6.07, 6.45) is 3.81. The maximum absolute atomic E-state index is 11.4. The van der Waals surface area contributed by atoms with E-state index in [1.807, 2.05) is 0 Å². The van der Waals surface area contributed by atoms with Crippen LogP contribution < -0.4 is 0 Å². The Kier molecular flexibility index (Phi) is 3.46. The smallest absolute Gasteiger partial charge is 0.133 e. The summed E-state index contributed by atoms with van der Waals surface area (Å²) in [4.78, 5) is 21.8. The van der Waals surface area contributed by atoms with Gasteiger partial charge in [0.25, 0.3) is 0 Å². The van der Waals surface area contributed by atoms with Gasteiger partial charge in [-0.15, -0.1) is 0 Å². The van der Waals surface area contributed by atoms with Gasteiger partial charge in [-0.3, -0.25) is 4.79 Å². The Morgan fingerprint density at radius 3 is 2.71 bits per heavy atom. The van der Waals surface area contributed by atoms with Crippen molar-refractivity contribution in [2.75, 3.05) is 0 Å². The first-order chi connectivity index (χ1) is 6.49. The Morgan fingerprint density at radius 1 is 1.57 bits per heavy atom. The molecule has 0 spiro atoms. The zero-order valence-corrected chi connectivity index (χ0v) is 9.38. The summed E-state index contributed by atoms with van der Waals surface area (Å²) < 4.78 is 0. The van der Waals surface area contributed by atoms with Crippen molar-refractivity contribution in [3.8, 4) is 0 Å². The van der Waals surface area contributed by atoms with E-state index in [4.69, 9.17) is 0 Å². The number of hydrogen-bond acceptors (Lipinski definition) is 2. The number of hydrogen-bond donors (Lipinski definition) is 0. The van der Waals surface area contributed by atoms with Gasteiger partial charge in [0.05, 0.1) is 0 Å². The van der Waals surface area contributed by atoms with Crippen molar-refractivity contribution in [1.29, 1.82) is 0 Å². The molecule has 0 bridgehead atoms. The van der Waals surface area contributed by atoms with Gasteiger partial charge in [-0.25, -0.2) is 0 Å². The van der Waals surface area contributed by atoms with Crippen LogP contribution in [-0.4, -0.2) is 12.1 Å². The van der Waals surface area contributed by atoms with E-state index in [2.05, 4.69) is 20.8 Å². The van der Waals surface area contributed by atoms with Gasteiger partial charge in [-0.05, 0) is 23.7 Å². The highest BCUT2D eigenvalue weighted by Crippen LogP contribution is 2.47. The monoisotopic (exact) mass is 196 g/mol. The normalized spacial score (nSPS) is 32.6. The highest BCUT2D eigenvalue weighted by molar-refractivity contribution is 5.82. The third-order valence-electron chi connectivity index (χ3n) is 3.58. The molecule has 2 atom stereocenters. The van der Waals surface area contributed by atoms with Gasteiger partial charge in [0.15, 0.2) is 0 Å². The topological polar surface area (TPSA) is 34.1 Å². The minimum Gasteiger partial charge on any atom is -0.303 e. The number of carbonyl (C=O) groups is 2. The van der Waals surface area contributed by atoms with E-state index in [-0.39, 0.29) is 5.41 Å². The van der Waals surface area contributed by atoms with E-state index in [0.29, 0.717) is 36.9 Å². The molecule has 0 saturated heterocycles. The van der Waals surface area contributed by atoms with E-state index in [1.54, 1.807) is 0 Å². The van der Waals surface area contributed by atoms with Crippen LogP contribution in [0, 0.1) is 17.3 Å². The molecular weight excluding hydrogens is 176 g/mol. The fraction of sp³-hybridized carbons (Fsp3) is 0.833. The molecule has 1 aliphatic carbocycles. The van der Waals surface area contributed by atoms with Crippen molar-refractivity contribution >= 4 is 12.1 Å². The van der Waals surface area contributed by atoms with E-state index < -0.39 is 0 Å². The van der Waals surface area contributed by atoms with Crippen LogP contribution in [0.1, 0.15) is 46.5 Å². The highest BCUT2D eigenvalue weighted by Gasteiger charge is 2.43. The quantitative estimate of drug-likeness (QED) is 0.648. The molecule has 0 aromatic heterocycles. The Hall–Kier alpha value is -0.660. The van der Waals surface area contributed by atoms with Crippen LogP contribution in [0.5, 0.6) is 0 Å². The second-order valence-corrected chi connectivity index (χ2v) is 5.13. The molecule has 1 aliphatic rings. The predicted molar refractivity (Wildman–Crippen MR) is 56.0 cm³/mol. The summed E-state index contributed by atoms with van der Waals surface area (Å²) in [5.41, 5.74) is 0.0756. The van der Waals surface area contributed by atoms with Crippen LogP contribution >= 0.6 is 0 Å². The number of aldehydes is 1. The van der Waals surface area contributed by atoms with E-state index in [0.717, 1.165) is 12.7 Å². The van der Waals surface area contributed by atoms with Crippen molar-refractivity contribution < 1.29 is 9.59 Å². The summed E-state index contributed by atoms with van der Waals surface area (Å²) in [6, 6.07) is 0. The lowest BCUT2D eigenvalue weighted by Gasteiger charge is -2.33. The summed E-state index contributed by atoms with van der Waals surface area (Å²) in [6.45, 7) is 6.50. The number of ketones is 1. The van der Waals surface area contributed by atoms with Crippen molar-refractivity contribution in [2.45, 2.75) is 46.5 Å². The Morgan fingerprint density at radius 2 is 2.21 bits per heavy atom. The van der Waals surface area contributed by atoms with E-state index >= 15 is 0 Å². The average Bonchev–Trinajstić information content (AvgIpc) is 2.39. The van der Waals surface area contributed by atoms with Crippen LogP contribution in [0.2, 0.25) is 0 Å². The molecule has 1 saturated carbocycles. The molecule has 2 heteroatoms. The lowest BCUT2D eigenvalue weighted by molar-refractivity contribution is -0.118. The molecule has 0 heterocycles. The molecule has 1 rings (SSSR count). The van der Waals surface area contributed by atoms with Crippen molar-refractivity contribution in [2.24, 2.45) is 17.3 Å². The SMILES string of the molecule is CC(C)[C@H]1CC(=O)C[C@]1(C)CCC=O. The fourth-order valence-electron chi connectivity index (χ4n) is 2.85. The highest BCUT2D eigenvalue weighted by atomic mass is 16.1. The van der Waals surface area contributed by atoms with E-state index in [9.17, 15) is 9.59 Å². The molecule has 0 aromatic carbocycles. The van der Waals surface area contributed by atoms with Crippen LogP contribution in [0.3, 0.4) is 0 Å². The van der Waals surface area contributed by atoms with Crippen LogP contribution in [0.4, 0.5) is 0 Å². The molecule has 0 unspecified atom stereocenters. The van der Waals surface area contributed by atoms with Crippen LogP contribution in [-0.2, 0) is 9.59 Å². The third kappa shape index (κ3) is 2.23. The minimum absolute atomic E-state index is 0.0756. The zero-order chi connectivity index (χ0) is 10.8. The Bertz CT molecular complexity index is 232. The Balaban J connectivity index is 2.72. The molecule has 0 aliphatic heterocycles. The van der Waals surface area contributed by atoms with E-state index in [1.165, 1.54) is 0 Å². The third-order valence-corrected chi connectivity index (χ3v) is 3.58. The molecule has 2 nitrogen and oxygen atoms in total. The lowest BCUT2D eigenvalue weighted by Crippen LogP contribution is -2.25. The maximum atomic E-state index is 11.4. The van der Waals surface area contributed by atoms with Crippen molar-refractivity contribution in [1.82, 2.24) is 0 Å². The van der Waals surface area contributed by atoms with Gasteiger partial charge in [-0.1, -0.05) is 20.8 Å². The first-order valence-corrected chi connectivity index (χ1v) is 5.45. The lowest BCUT2D eigenvalue weighted by atomic mass is 9.71. The second kappa shape index (κ2) is 4.24. The van der Waals surface area contributed by atoms with Crippen LogP contribution in [0.15, 0.2) is 0 Å².